The van der Waals surface area contributed by atoms with Gasteiger partial charge in [0.05, 0.1) is 0 Å². The van der Waals surface area contributed by atoms with Crippen molar-refractivity contribution in [2.75, 3.05) is 4.90 Å². The molecule has 1 heterocycles. The number of rotatable bonds is 4. The van der Waals surface area contributed by atoms with E-state index < -0.39 is 23.7 Å². The van der Waals surface area contributed by atoms with Gasteiger partial charge in [0, 0.05) is 17.0 Å². The number of nitrogens with one attached hydrogen (secondary N) is 1. The molecule has 1 aliphatic rings. The van der Waals surface area contributed by atoms with Crippen LogP contribution in [0, 0.1) is 18.2 Å². The second-order valence-corrected chi connectivity index (χ2v) is 4.76. The summed E-state index contributed by atoms with van der Waals surface area (Å²) in [6, 6.07) is 4.38. The molecule has 0 bridgehead atoms. The van der Waals surface area contributed by atoms with Gasteiger partial charge in [-0.25, -0.2) is 4.39 Å². The van der Waals surface area contributed by atoms with Crippen LogP contribution in [-0.4, -0.2) is 17.9 Å². The third kappa shape index (κ3) is 3.06. The number of hydrogen-bond acceptors (Lipinski definition) is 2. The molecule has 1 N–H and O–H groups in total. The van der Waals surface area contributed by atoms with Crippen molar-refractivity contribution >= 4 is 17.5 Å². The van der Waals surface area contributed by atoms with Crippen molar-refractivity contribution in [1.82, 2.24) is 5.32 Å². The Morgan fingerprint density at radius 2 is 2.26 bits per heavy atom. The molecule has 0 aliphatic carbocycles. The number of halogens is 1. The molecule has 1 unspecified atom stereocenters. The number of hydrogen-bond donors (Lipinski definition) is 1. The van der Waals surface area contributed by atoms with E-state index in [9.17, 15) is 14.0 Å². The molecule has 1 aliphatic heterocycles. The highest BCUT2D eigenvalue weighted by atomic mass is 19.1. The zero-order valence-electron chi connectivity index (χ0n) is 12.5. The van der Waals surface area contributed by atoms with E-state index in [2.05, 4.69) is 11.9 Å². The molecule has 1 atom stereocenters. The number of amides is 2. The molecule has 5 heteroatoms. The summed E-state index contributed by atoms with van der Waals surface area (Å²) in [6.07, 6.45) is 10.1. The number of carbonyl (C=O) groups is 2. The Bertz CT molecular complexity index is 771. The summed E-state index contributed by atoms with van der Waals surface area (Å²) < 4.78 is 13.5. The molecule has 0 aromatic heterocycles. The lowest BCUT2D eigenvalue weighted by Gasteiger charge is -2.26. The van der Waals surface area contributed by atoms with E-state index in [1.54, 1.807) is 19.1 Å². The summed E-state index contributed by atoms with van der Waals surface area (Å²) in [5, 5.41) is 2.65. The summed E-state index contributed by atoms with van der Waals surface area (Å²) >= 11 is 0. The standard InChI is InChI=1S/C18H15FN2O2/c1-4-8-14-15(5-2)20-18(23)17(14)21(16(22)6-3)13-10-7-9-12(19)11-13/h3-5,7-11,17H,2H2,1H3,(H,20,23)/b8-4-. The Morgan fingerprint density at radius 3 is 2.83 bits per heavy atom. The Hall–Kier alpha value is -3.13. The maximum atomic E-state index is 13.5. The molecule has 0 saturated carbocycles. The number of nitrogens with zero attached hydrogens (tertiary/aromatic N) is 1. The monoisotopic (exact) mass is 310 g/mol. The zero-order valence-corrected chi connectivity index (χ0v) is 12.5. The molecule has 2 amide bonds. The molecule has 2 rings (SSSR count). The van der Waals surface area contributed by atoms with Crippen LogP contribution in [0.15, 0.2) is 60.3 Å². The van der Waals surface area contributed by atoms with Gasteiger partial charge in [-0.2, -0.15) is 0 Å². The minimum atomic E-state index is -0.982. The van der Waals surface area contributed by atoms with Gasteiger partial charge in [-0.15, -0.1) is 6.42 Å². The third-order valence-corrected chi connectivity index (χ3v) is 3.35. The van der Waals surface area contributed by atoms with Crippen LogP contribution in [0.2, 0.25) is 0 Å². The summed E-state index contributed by atoms with van der Waals surface area (Å²) in [7, 11) is 0. The van der Waals surface area contributed by atoms with Crippen molar-refractivity contribution in [1.29, 1.82) is 0 Å². The second kappa shape index (κ2) is 6.75. The molecule has 1 aromatic carbocycles. The quantitative estimate of drug-likeness (QED) is 0.868. The van der Waals surface area contributed by atoms with Crippen LogP contribution < -0.4 is 10.2 Å². The minimum absolute atomic E-state index is 0.209. The maximum absolute atomic E-state index is 13.5. The van der Waals surface area contributed by atoms with Crippen molar-refractivity contribution in [3.63, 3.8) is 0 Å². The third-order valence-electron chi connectivity index (χ3n) is 3.35. The topological polar surface area (TPSA) is 49.4 Å². The molecule has 1 aromatic rings. The van der Waals surface area contributed by atoms with Gasteiger partial charge in [-0.1, -0.05) is 24.8 Å². The molecular weight excluding hydrogens is 295 g/mol. The lowest BCUT2D eigenvalue weighted by molar-refractivity contribution is -0.122. The summed E-state index contributed by atoms with van der Waals surface area (Å²) in [6.45, 7) is 5.43. The van der Waals surface area contributed by atoms with Gasteiger partial charge in [-0.3, -0.25) is 14.5 Å². The van der Waals surface area contributed by atoms with E-state index >= 15 is 0 Å². The second-order valence-electron chi connectivity index (χ2n) is 4.76. The first-order valence-electron chi connectivity index (χ1n) is 6.89. The first-order chi connectivity index (χ1) is 11.0. The van der Waals surface area contributed by atoms with Gasteiger partial charge in [0.15, 0.2) is 0 Å². The normalized spacial score (nSPS) is 17.1. The van der Waals surface area contributed by atoms with E-state index in [-0.39, 0.29) is 5.69 Å². The van der Waals surface area contributed by atoms with Crippen molar-refractivity contribution < 1.29 is 14.0 Å². The summed E-state index contributed by atoms with van der Waals surface area (Å²) in [4.78, 5) is 25.7. The fourth-order valence-corrected chi connectivity index (χ4v) is 2.43. The van der Waals surface area contributed by atoms with Crippen LogP contribution in [0.25, 0.3) is 0 Å². The van der Waals surface area contributed by atoms with Crippen LogP contribution in [0.1, 0.15) is 6.92 Å². The SMILES string of the molecule is C#CC(=O)N(c1cccc(F)c1)C1C(=O)NC(C=C)=C1/C=C\C. The largest absolute Gasteiger partial charge is 0.324 e. The highest BCUT2D eigenvalue weighted by Gasteiger charge is 2.38. The van der Waals surface area contributed by atoms with Gasteiger partial charge in [0.1, 0.15) is 11.9 Å². The first-order valence-corrected chi connectivity index (χ1v) is 6.89. The van der Waals surface area contributed by atoms with Crippen LogP contribution in [0.3, 0.4) is 0 Å². The van der Waals surface area contributed by atoms with Crippen molar-refractivity contribution in [2.45, 2.75) is 13.0 Å². The molecule has 0 spiro atoms. The Morgan fingerprint density at radius 1 is 1.52 bits per heavy atom. The van der Waals surface area contributed by atoms with Crippen molar-refractivity contribution in [2.24, 2.45) is 0 Å². The number of anilines is 1. The predicted molar refractivity (Wildman–Crippen MR) is 86.7 cm³/mol. The van der Waals surface area contributed by atoms with Crippen LogP contribution in [0.5, 0.6) is 0 Å². The van der Waals surface area contributed by atoms with E-state index in [0.29, 0.717) is 11.3 Å². The first kappa shape index (κ1) is 16.2. The van der Waals surface area contributed by atoms with Crippen LogP contribution in [-0.2, 0) is 9.59 Å². The maximum Gasteiger partial charge on any atom is 0.303 e. The highest BCUT2D eigenvalue weighted by Crippen LogP contribution is 2.28. The Labute approximate surface area is 134 Å². The van der Waals surface area contributed by atoms with E-state index in [1.807, 2.05) is 5.92 Å². The predicted octanol–water partition coefficient (Wildman–Crippen LogP) is 2.31. The molecule has 0 radical (unpaired) electrons. The van der Waals surface area contributed by atoms with Crippen LogP contribution in [0.4, 0.5) is 10.1 Å². The highest BCUT2D eigenvalue weighted by molar-refractivity contribution is 6.11. The average molecular weight is 310 g/mol. The molecule has 4 nitrogen and oxygen atoms in total. The lowest BCUT2D eigenvalue weighted by atomic mass is 10.0. The van der Waals surface area contributed by atoms with Crippen molar-refractivity contribution in [3.8, 4) is 12.3 Å². The molecule has 23 heavy (non-hydrogen) atoms. The zero-order chi connectivity index (χ0) is 17.0. The number of benzene rings is 1. The van der Waals surface area contributed by atoms with Gasteiger partial charge >= 0.3 is 5.91 Å². The van der Waals surface area contributed by atoms with Crippen molar-refractivity contribution in [3.05, 3.63) is 66.2 Å². The van der Waals surface area contributed by atoms with Gasteiger partial charge in [0.25, 0.3) is 5.91 Å². The number of allylic oxidation sites excluding steroid dienone is 2. The average Bonchev–Trinajstić information content (AvgIpc) is 2.84. The summed E-state index contributed by atoms with van der Waals surface area (Å²) in [5.74, 6) is 0.294. The lowest BCUT2D eigenvalue weighted by Crippen LogP contribution is -2.46. The molecule has 0 saturated heterocycles. The number of carbonyl (C=O) groups excluding carboxylic acids is 2. The van der Waals surface area contributed by atoms with Gasteiger partial charge < -0.3 is 5.32 Å². The fraction of sp³-hybridized carbons (Fsp3) is 0.111. The Kier molecular flexibility index (Phi) is 4.77. The van der Waals surface area contributed by atoms with E-state index in [1.165, 1.54) is 24.3 Å². The molecular formula is C18H15FN2O2. The molecule has 116 valence electrons. The van der Waals surface area contributed by atoms with Gasteiger partial charge in [0.2, 0.25) is 0 Å². The van der Waals surface area contributed by atoms with E-state index in [0.717, 1.165) is 11.0 Å². The van der Waals surface area contributed by atoms with Gasteiger partial charge in [-0.05, 0) is 37.1 Å². The number of terminal acetylenes is 1. The fourth-order valence-electron chi connectivity index (χ4n) is 2.43. The summed E-state index contributed by atoms with van der Waals surface area (Å²) in [5.41, 5.74) is 1.24. The minimum Gasteiger partial charge on any atom is -0.324 e. The van der Waals surface area contributed by atoms with Crippen LogP contribution >= 0.6 is 0 Å². The molecule has 0 fully saturated rings. The smallest absolute Gasteiger partial charge is 0.303 e. The van der Waals surface area contributed by atoms with E-state index in [4.69, 9.17) is 6.42 Å². The Balaban J connectivity index is 2.62.